The van der Waals surface area contributed by atoms with Crippen LogP contribution in [0.1, 0.15) is 53.9 Å². The lowest BCUT2D eigenvalue weighted by Gasteiger charge is -2.28. The molecule has 0 saturated carbocycles. The molecule has 0 amide bonds. The first-order chi connectivity index (χ1) is 8.26. The summed E-state index contributed by atoms with van der Waals surface area (Å²) in [5.74, 6) is 0.0806. The van der Waals surface area contributed by atoms with Crippen LogP contribution in [-0.2, 0) is 14.3 Å². The van der Waals surface area contributed by atoms with Gasteiger partial charge in [-0.25, -0.2) is 0 Å². The lowest BCUT2D eigenvalue weighted by atomic mass is 9.93. The lowest BCUT2D eigenvalue weighted by Crippen LogP contribution is -2.31. The summed E-state index contributed by atoms with van der Waals surface area (Å²) in [6.07, 6.45) is 1.74. The average Bonchev–Trinajstić information content (AvgIpc) is 2.14. The maximum atomic E-state index is 10.6. The summed E-state index contributed by atoms with van der Waals surface area (Å²) in [4.78, 5) is 10.6. The van der Waals surface area contributed by atoms with Crippen LogP contribution in [0.25, 0.3) is 0 Å². The molecule has 2 unspecified atom stereocenters. The largest absolute Gasteiger partial charge is 0.466 e. The smallest absolute Gasteiger partial charge is 0.302 e. The van der Waals surface area contributed by atoms with E-state index < -0.39 is 0 Å². The van der Waals surface area contributed by atoms with E-state index >= 15 is 0 Å². The van der Waals surface area contributed by atoms with E-state index in [1.807, 2.05) is 20.8 Å². The Morgan fingerprint density at radius 1 is 1.39 bits per heavy atom. The molecule has 0 bridgehead atoms. The van der Waals surface area contributed by atoms with Crippen molar-refractivity contribution in [3.8, 4) is 0 Å². The number of ether oxygens (including phenoxy) is 2. The lowest BCUT2D eigenvalue weighted by molar-refractivity contribution is -0.141. The van der Waals surface area contributed by atoms with Gasteiger partial charge in [0.15, 0.2) is 0 Å². The zero-order chi connectivity index (χ0) is 14.2. The quantitative estimate of drug-likeness (QED) is 0.647. The Morgan fingerprint density at radius 3 is 2.50 bits per heavy atom. The van der Waals surface area contributed by atoms with E-state index in [9.17, 15) is 9.90 Å². The number of carbonyl (C=O) groups excluding carboxylic acids is 1. The van der Waals surface area contributed by atoms with Crippen molar-refractivity contribution in [3.63, 3.8) is 0 Å². The Labute approximate surface area is 111 Å². The third-order valence-electron chi connectivity index (χ3n) is 2.85. The molecule has 0 fully saturated rings. The SMILES string of the molecule is CCOC(C)(C)CC(O)CC(C)CCOC(C)=O. The Bertz CT molecular complexity index is 238. The molecule has 0 aliphatic rings. The molecule has 0 aliphatic carbocycles. The van der Waals surface area contributed by atoms with Crippen LogP contribution in [0.3, 0.4) is 0 Å². The minimum Gasteiger partial charge on any atom is -0.466 e. The van der Waals surface area contributed by atoms with Crippen LogP contribution in [0.15, 0.2) is 0 Å². The van der Waals surface area contributed by atoms with E-state index in [-0.39, 0.29) is 17.7 Å². The number of hydrogen-bond acceptors (Lipinski definition) is 4. The van der Waals surface area contributed by atoms with Gasteiger partial charge in [0.25, 0.3) is 0 Å². The van der Waals surface area contributed by atoms with Gasteiger partial charge >= 0.3 is 5.97 Å². The van der Waals surface area contributed by atoms with Gasteiger partial charge < -0.3 is 14.6 Å². The number of rotatable bonds is 9. The zero-order valence-electron chi connectivity index (χ0n) is 12.4. The predicted molar refractivity (Wildman–Crippen MR) is 71.4 cm³/mol. The molecule has 0 aliphatic heterocycles. The van der Waals surface area contributed by atoms with Gasteiger partial charge in [-0.15, -0.1) is 0 Å². The number of esters is 1. The van der Waals surface area contributed by atoms with E-state index in [1.165, 1.54) is 6.92 Å². The predicted octanol–water partition coefficient (Wildman–Crippen LogP) is 2.53. The molecule has 0 radical (unpaired) electrons. The molecule has 18 heavy (non-hydrogen) atoms. The highest BCUT2D eigenvalue weighted by Gasteiger charge is 2.23. The van der Waals surface area contributed by atoms with Crippen LogP contribution in [0, 0.1) is 5.92 Å². The molecule has 0 saturated heterocycles. The highest BCUT2D eigenvalue weighted by atomic mass is 16.5. The van der Waals surface area contributed by atoms with E-state index in [0.717, 1.165) is 6.42 Å². The third-order valence-corrected chi connectivity index (χ3v) is 2.85. The molecule has 0 aromatic rings. The standard InChI is InChI=1S/C14H28O4/c1-6-18-14(4,5)10-13(16)9-11(2)7-8-17-12(3)15/h11,13,16H,6-10H2,1-5H3. The molecule has 0 heterocycles. The Morgan fingerprint density at radius 2 is 2.00 bits per heavy atom. The molecule has 4 heteroatoms. The minimum atomic E-state index is -0.376. The first-order valence-electron chi connectivity index (χ1n) is 6.72. The first kappa shape index (κ1) is 17.4. The summed E-state index contributed by atoms with van der Waals surface area (Å²) in [5, 5.41) is 10.0. The molecule has 0 aromatic carbocycles. The Balaban J connectivity index is 3.85. The maximum Gasteiger partial charge on any atom is 0.302 e. The molecule has 0 aromatic heterocycles. The molecular formula is C14H28O4. The molecule has 4 nitrogen and oxygen atoms in total. The van der Waals surface area contributed by atoms with Crippen LogP contribution in [0.4, 0.5) is 0 Å². The highest BCUT2D eigenvalue weighted by Crippen LogP contribution is 2.21. The third kappa shape index (κ3) is 9.42. The van der Waals surface area contributed by atoms with Crippen molar-refractivity contribution in [2.75, 3.05) is 13.2 Å². The Hall–Kier alpha value is -0.610. The fourth-order valence-corrected chi connectivity index (χ4v) is 2.09. The molecule has 108 valence electrons. The summed E-state index contributed by atoms with van der Waals surface area (Å²) in [6.45, 7) is 10.5. The summed E-state index contributed by atoms with van der Waals surface area (Å²) < 4.78 is 10.5. The van der Waals surface area contributed by atoms with E-state index in [2.05, 4.69) is 6.92 Å². The normalized spacial score (nSPS) is 15.2. The monoisotopic (exact) mass is 260 g/mol. The summed E-state index contributed by atoms with van der Waals surface area (Å²) in [5.41, 5.74) is -0.288. The van der Waals surface area contributed by atoms with Crippen molar-refractivity contribution in [3.05, 3.63) is 0 Å². The van der Waals surface area contributed by atoms with Gasteiger partial charge in [-0.2, -0.15) is 0 Å². The molecule has 0 spiro atoms. The minimum absolute atomic E-state index is 0.250. The number of aliphatic hydroxyl groups excluding tert-OH is 1. The summed E-state index contributed by atoms with van der Waals surface area (Å²) in [6, 6.07) is 0. The van der Waals surface area contributed by atoms with Crippen LogP contribution in [-0.4, -0.2) is 36.0 Å². The fourth-order valence-electron chi connectivity index (χ4n) is 2.09. The topological polar surface area (TPSA) is 55.8 Å². The van der Waals surface area contributed by atoms with Crippen LogP contribution < -0.4 is 0 Å². The van der Waals surface area contributed by atoms with Gasteiger partial charge in [-0.1, -0.05) is 6.92 Å². The zero-order valence-corrected chi connectivity index (χ0v) is 12.4. The number of hydrogen-bond donors (Lipinski definition) is 1. The van der Waals surface area contributed by atoms with Crippen LogP contribution >= 0.6 is 0 Å². The number of aliphatic hydroxyl groups is 1. The van der Waals surface area contributed by atoms with Crippen LogP contribution in [0.2, 0.25) is 0 Å². The van der Waals surface area contributed by atoms with Crippen molar-refractivity contribution in [1.82, 2.24) is 0 Å². The van der Waals surface area contributed by atoms with Gasteiger partial charge in [-0.3, -0.25) is 4.79 Å². The Kier molecular flexibility index (Phi) is 8.20. The molecular weight excluding hydrogens is 232 g/mol. The van der Waals surface area contributed by atoms with E-state index in [1.54, 1.807) is 0 Å². The van der Waals surface area contributed by atoms with Gasteiger partial charge in [-0.05, 0) is 39.5 Å². The van der Waals surface area contributed by atoms with Crippen molar-refractivity contribution in [2.24, 2.45) is 5.92 Å². The summed E-state index contributed by atoms with van der Waals surface area (Å²) >= 11 is 0. The fraction of sp³-hybridized carbons (Fsp3) is 0.929. The van der Waals surface area contributed by atoms with Crippen LogP contribution in [0.5, 0.6) is 0 Å². The van der Waals surface area contributed by atoms with Gasteiger partial charge in [0, 0.05) is 20.0 Å². The average molecular weight is 260 g/mol. The summed E-state index contributed by atoms with van der Waals surface area (Å²) in [7, 11) is 0. The molecule has 0 rings (SSSR count). The van der Waals surface area contributed by atoms with E-state index in [4.69, 9.17) is 9.47 Å². The van der Waals surface area contributed by atoms with Gasteiger partial charge in [0.05, 0.1) is 18.3 Å². The first-order valence-corrected chi connectivity index (χ1v) is 6.72. The number of carbonyl (C=O) groups is 1. The second-order valence-corrected chi connectivity index (χ2v) is 5.52. The van der Waals surface area contributed by atoms with Gasteiger partial charge in [0.2, 0.25) is 0 Å². The molecule has 1 N–H and O–H groups in total. The second kappa shape index (κ2) is 8.48. The van der Waals surface area contributed by atoms with Crippen molar-refractivity contribution < 1.29 is 19.4 Å². The highest BCUT2D eigenvalue weighted by molar-refractivity contribution is 5.65. The second-order valence-electron chi connectivity index (χ2n) is 5.52. The van der Waals surface area contributed by atoms with Crippen molar-refractivity contribution >= 4 is 5.97 Å². The van der Waals surface area contributed by atoms with Gasteiger partial charge in [0.1, 0.15) is 0 Å². The van der Waals surface area contributed by atoms with Crippen molar-refractivity contribution in [1.29, 1.82) is 0 Å². The van der Waals surface area contributed by atoms with E-state index in [0.29, 0.717) is 32.0 Å². The molecule has 2 atom stereocenters. The maximum absolute atomic E-state index is 10.6. The van der Waals surface area contributed by atoms with Crippen molar-refractivity contribution in [2.45, 2.75) is 65.6 Å².